The van der Waals surface area contributed by atoms with Gasteiger partial charge in [0.25, 0.3) is 0 Å². The molecule has 2 bridgehead atoms. The average Bonchev–Trinajstić information content (AvgIpc) is 3.59. The van der Waals surface area contributed by atoms with Crippen molar-refractivity contribution in [1.29, 1.82) is 0 Å². The standard InChI is InChI=1S/C23H34N2O4S/c26-30(27,19-11-12-19)24-21-5-3-13-25-14-15-28-23-6-2-1-4-20(23)17-7-9-18(10-8-17)29-16-22(21)25/h1-2,4,6,17-19,21-22,24H,3,5,7-16H2/t17-,18+,21-,22-/m0/s1. The van der Waals surface area contributed by atoms with Gasteiger partial charge in [-0.05, 0) is 75.5 Å². The molecule has 166 valence electrons. The van der Waals surface area contributed by atoms with Crippen LogP contribution in [0.5, 0.6) is 5.75 Å². The van der Waals surface area contributed by atoms with Gasteiger partial charge in [0.2, 0.25) is 10.0 Å². The summed E-state index contributed by atoms with van der Waals surface area (Å²) in [5.41, 5.74) is 1.33. The number of hydrogen-bond acceptors (Lipinski definition) is 5. The fourth-order valence-corrected chi connectivity index (χ4v) is 7.09. The quantitative estimate of drug-likeness (QED) is 0.792. The Bertz CT molecular complexity index is 833. The molecule has 2 aliphatic carbocycles. The summed E-state index contributed by atoms with van der Waals surface area (Å²) in [6, 6.07) is 8.48. The van der Waals surface area contributed by atoms with E-state index in [2.05, 4.69) is 33.9 Å². The van der Waals surface area contributed by atoms with Crippen LogP contribution in [-0.2, 0) is 14.8 Å². The van der Waals surface area contributed by atoms with Crippen LogP contribution in [0, 0.1) is 0 Å². The van der Waals surface area contributed by atoms with Crippen LogP contribution >= 0.6 is 0 Å². The molecule has 7 heteroatoms. The first kappa shape index (κ1) is 20.7. The average molecular weight is 435 g/mol. The Morgan fingerprint density at radius 3 is 2.57 bits per heavy atom. The number of fused-ring (bicyclic) bond motifs is 5. The molecule has 0 aromatic heterocycles. The van der Waals surface area contributed by atoms with E-state index in [1.165, 1.54) is 5.56 Å². The van der Waals surface area contributed by atoms with Crippen molar-refractivity contribution < 1.29 is 17.9 Å². The van der Waals surface area contributed by atoms with Gasteiger partial charge in [0, 0.05) is 18.6 Å². The van der Waals surface area contributed by atoms with Crippen molar-refractivity contribution in [2.45, 2.75) is 80.7 Å². The summed E-state index contributed by atoms with van der Waals surface area (Å²) in [4.78, 5) is 2.39. The molecule has 0 amide bonds. The third-order valence-corrected chi connectivity index (χ3v) is 9.32. The minimum Gasteiger partial charge on any atom is -0.492 e. The lowest BCUT2D eigenvalue weighted by molar-refractivity contribution is -0.0284. The van der Waals surface area contributed by atoms with Crippen LogP contribution in [0.4, 0.5) is 0 Å². The van der Waals surface area contributed by atoms with Crippen LogP contribution in [0.15, 0.2) is 24.3 Å². The first-order valence-electron chi connectivity index (χ1n) is 11.7. The van der Waals surface area contributed by atoms with Crippen LogP contribution in [-0.4, -0.2) is 63.1 Å². The van der Waals surface area contributed by atoms with Gasteiger partial charge in [-0.15, -0.1) is 0 Å². The fraction of sp³-hybridized carbons (Fsp3) is 0.739. The van der Waals surface area contributed by atoms with Gasteiger partial charge in [0.15, 0.2) is 0 Å². The van der Waals surface area contributed by atoms with E-state index in [0.717, 1.165) is 70.2 Å². The highest BCUT2D eigenvalue weighted by molar-refractivity contribution is 7.90. The third-order valence-electron chi connectivity index (χ3n) is 7.34. The number of piperidine rings is 1. The van der Waals surface area contributed by atoms with E-state index in [1.54, 1.807) is 0 Å². The molecule has 0 radical (unpaired) electrons. The van der Waals surface area contributed by atoms with Gasteiger partial charge in [0.05, 0.1) is 18.0 Å². The van der Waals surface area contributed by atoms with E-state index < -0.39 is 10.0 Å². The normalized spacial score (nSPS) is 33.3. The van der Waals surface area contributed by atoms with Gasteiger partial charge in [0.1, 0.15) is 12.4 Å². The summed E-state index contributed by atoms with van der Waals surface area (Å²) in [6.07, 6.45) is 8.11. The molecule has 3 aliphatic heterocycles. The largest absolute Gasteiger partial charge is 0.492 e. The molecule has 6 rings (SSSR count). The summed E-state index contributed by atoms with van der Waals surface area (Å²) < 4.78 is 41.0. The van der Waals surface area contributed by atoms with E-state index in [-0.39, 0.29) is 23.4 Å². The minimum absolute atomic E-state index is 0.0712. The Hall–Kier alpha value is -1.15. The molecule has 1 saturated heterocycles. The summed E-state index contributed by atoms with van der Waals surface area (Å²) >= 11 is 0. The van der Waals surface area contributed by atoms with Crippen molar-refractivity contribution in [3.8, 4) is 5.75 Å². The van der Waals surface area contributed by atoms with Gasteiger partial charge in [-0.1, -0.05) is 18.2 Å². The lowest BCUT2D eigenvalue weighted by atomic mass is 9.82. The van der Waals surface area contributed by atoms with Crippen molar-refractivity contribution >= 4 is 10.0 Å². The highest BCUT2D eigenvalue weighted by Crippen LogP contribution is 2.39. The molecule has 2 atom stereocenters. The number of nitrogens with zero attached hydrogens (tertiary/aromatic N) is 1. The summed E-state index contributed by atoms with van der Waals surface area (Å²) in [7, 11) is -3.21. The molecule has 3 fully saturated rings. The maximum absolute atomic E-state index is 12.6. The number of hydrogen-bond donors (Lipinski definition) is 1. The minimum atomic E-state index is -3.21. The molecular formula is C23H34N2O4S. The molecule has 1 aromatic carbocycles. The fourth-order valence-electron chi connectivity index (χ4n) is 5.45. The summed E-state index contributed by atoms with van der Waals surface area (Å²) in [5.74, 6) is 1.56. The number of rotatable bonds is 3. The Balaban J connectivity index is 1.35. The molecule has 0 unspecified atom stereocenters. The zero-order valence-corrected chi connectivity index (χ0v) is 18.5. The van der Waals surface area contributed by atoms with Gasteiger partial charge in [-0.2, -0.15) is 0 Å². The smallest absolute Gasteiger partial charge is 0.214 e. The van der Waals surface area contributed by atoms with Crippen LogP contribution < -0.4 is 9.46 Å². The second-order valence-electron chi connectivity index (χ2n) is 9.41. The Labute approximate surface area is 180 Å². The number of ether oxygens (including phenoxy) is 2. The molecule has 3 heterocycles. The lowest BCUT2D eigenvalue weighted by Crippen LogP contribution is -2.58. The maximum atomic E-state index is 12.6. The number of sulfonamides is 1. The first-order chi connectivity index (χ1) is 14.6. The molecule has 1 N–H and O–H groups in total. The molecule has 2 saturated carbocycles. The molecule has 1 aromatic rings. The first-order valence-corrected chi connectivity index (χ1v) is 13.2. The van der Waals surface area contributed by atoms with E-state index in [1.807, 2.05) is 0 Å². The molecule has 30 heavy (non-hydrogen) atoms. The van der Waals surface area contributed by atoms with E-state index >= 15 is 0 Å². The second kappa shape index (κ2) is 8.77. The number of para-hydroxylation sites is 1. The zero-order valence-electron chi connectivity index (χ0n) is 17.7. The SMILES string of the molecule is O=S(=O)(N[C@H]1CCCN2CCOc3ccccc3[C@H]3CC[C@H](CC3)OC[C@@H]12)C1CC1. The van der Waals surface area contributed by atoms with Crippen molar-refractivity contribution in [1.82, 2.24) is 9.62 Å². The van der Waals surface area contributed by atoms with Crippen molar-refractivity contribution in [3.05, 3.63) is 29.8 Å². The van der Waals surface area contributed by atoms with E-state index in [0.29, 0.717) is 19.1 Å². The Kier molecular flexibility index (Phi) is 6.06. The predicted octanol–water partition coefficient (Wildman–Crippen LogP) is 3.04. The number of benzene rings is 1. The molecule has 5 aliphatic rings. The number of nitrogens with one attached hydrogen (secondary N) is 1. The lowest BCUT2D eigenvalue weighted by Gasteiger charge is -2.42. The maximum Gasteiger partial charge on any atom is 0.214 e. The van der Waals surface area contributed by atoms with Crippen molar-refractivity contribution in [3.63, 3.8) is 0 Å². The van der Waals surface area contributed by atoms with Crippen molar-refractivity contribution in [2.75, 3.05) is 26.3 Å². The van der Waals surface area contributed by atoms with Gasteiger partial charge in [-0.25, -0.2) is 13.1 Å². The monoisotopic (exact) mass is 434 g/mol. The van der Waals surface area contributed by atoms with Gasteiger partial charge in [-0.3, -0.25) is 4.90 Å². The highest BCUT2D eigenvalue weighted by Gasteiger charge is 2.41. The third kappa shape index (κ3) is 4.54. The predicted molar refractivity (Wildman–Crippen MR) is 116 cm³/mol. The van der Waals surface area contributed by atoms with Gasteiger partial charge >= 0.3 is 0 Å². The van der Waals surface area contributed by atoms with Gasteiger partial charge < -0.3 is 9.47 Å². The van der Waals surface area contributed by atoms with Crippen LogP contribution in [0.25, 0.3) is 0 Å². The Morgan fingerprint density at radius 1 is 0.967 bits per heavy atom. The topological polar surface area (TPSA) is 67.9 Å². The molecule has 0 spiro atoms. The van der Waals surface area contributed by atoms with Crippen LogP contribution in [0.3, 0.4) is 0 Å². The van der Waals surface area contributed by atoms with E-state index in [4.69, 9.17) is 9.47 Å². The van der Waals surface area contributed by atoms with Crippen LogP contribution in [0.2, 0.25) is 0 Å². The molecule has 6 nitrogen and oxygen atoms in total. The zero-order chi connectivity index (χ0) is 20.6. The molecular weight excluding hydrogens is 400 g/mol. The summed E-state index contributed by atoms with van der Waals surface area (Å²) in [6.45, 7) is 2.97. The second-order valence-corrected chi connectivity index (χ2v) is 11.4. The van der Waals surface area contributed by atoms with Crippen molar-refractivity contribution in [2.24, 2.45) is 0 Å². The Morgan fingerprint density at radius 2 is 1.77 bits per heavy atom. The van der Waals surface area contributed by atoms with Crippen LogP contribution in [0.1, 0.15) is 62.8 Å². The highest BCUT2D eigenvalue weighted by atomic mass is 32.2. The van der Waals surface area contributed by atoms with E-state index in [9.17, 15) is 8.42 Å². The summed E-state index contributed by atoms with van der Waals surface area (Å²) in [5, 5.41) is -0.182.